The third kappa shape index (κ3) is 2.32. The van der Waals surface area contributed by atoms with Gasteiger partial charge in [-0.25, -0.2) is 0 Å². The number of carbonyl (C=O) groups is 2. The molecule has 19 heavy (non-hydrogen) atoms. The number of aryl methyl sites for hydroxylation is 2. The van der Waals surface area contributed by atoms with Gasteiger partial charge in [0.05, 0.1) is 11.3 Å². The maximum absolute atomic E-state index is 12.6. The van der Waals surface area contributed by atoms with Crippen molar-refractivity contribution in [3.05, 3.63) is 29.1 Å². The van der Waals surface area contributed by atoms with E-state index in [1.54, 1.807) is 24.8 Å². The molecular formula is C14H19N3O2. The van der Waals surface area contributed by atoms with Gasteiger partial charge in [-0.3, -0.25) is 14.6 Å². The molecule has 0 spiro atoms. The number of pyridine rings is 1. The number of aromatic nitrogens is 1. The summed E-state index contributed by atoms with van der Waals surface area (Å²) in [6.07, 6.45) is 0. The summed E-state index contributed by atoms with van der Waals surface area (Å²) in [6, 6.07) is 3.60. The summed E-state index contributed by atoms with van der Waals surface area (Å²) in [7, 11) is 0. The number of carbonyl (C=O) groups excluding carboxylic acids is 2. The lowest BCUT2D eigenvalue weighted by Crippen LogP contribution is -2.63. The van der Waals surface area contributed by atoms with E-state index >= 15 is 0 Å². The van der Waals surface area contributed by atoms with Crippen LogP contribution in [0.3, 0.4) is 0 Å². The number of hydrogen-bond acceptors (Lipinski definition) is 3. The van der Waals surface area contributed by atoms with E-state index in [1.807, 2.05) is 19.9 Å². The number of nitrogens with zero attached hydrogens (tertiary/aromatic N) is 2. The average Bonchev–Trinajstić information content (AvgIpc) is 2.32. The minimum atomic E-state index is -0.827. The first kappa shape index (κ1) is 13.5. The van der Waals surface area contributed by atoms with Crippen LogP contribution in [0.1, 0.15) is 35.6 Å². The van der Waals surface area contributed by atoms with Gasteiger partial charge in [0.2, 0.25) is 5.91 Å². The third-order valence-corrected chi connectivity index (χ3v) is 3.55. The van der Waals surface area contributed by atoms with Crippen molar-refractivity contribution in [2.24, 2.45) is 0 Å². The molecule has 0 bridgehead atoms. The summed E-state index contributed by atoms with van der Waals surface area (Å²) in [4.78, 5) is 30.4. The molecule has 0 unspecified atom stereocenters. The van der Waals surface area contributed by atoms with Crippen molar-refractivity contribution in [3.63, 3.8) is 0 Å². The van der Waals surface area contributed by atoms with E-state index in [0.29, 0.717) is 24.3 Å². The van der Waals surface area contributed by atoms with Crippen LogP contribution in [0.25, 0.3) is 0 Å². The molecule has 1 N–H and O–H groups in total. The molecule has 0 radical (unpaired) electrons. The molecule has 102 valence electrons. The van der Waals surface area contributed by atoms with Gasteiger partial charge in [-0.05, 0) is 39.8 Å². The Kier molecular flexibility index (Phi) is 3.30. The van der Waals surface area contributed by atoms with E-state index in [1.165, 1.54) is 0 Å². The van der Waals surface area contributed by atoms with Gasteiger partial charge < -0.3 is 10.2 Å². The fraction of sp³-hybridized carbons (Fsp3) is 0.500. The highest BCUT2D eigenvalue weighted by Gasteiger charge is 2.41. The standard InChI is InChI=1S/C14H19N3O2/c1-9-5-6-11(10(2)16-9)12(18)17-8-7-15-13(19)14(17,3)4/h5-6H,7-8H2,1-4H3,(H,15,19). The summed E-state index contributed by atoms with van der Waals surface area (Å²) >= 11 is 0. The van der Waals surface area contributed by atoms with E-state index in [-0.39, 0.29) is 11.8 Å². The highest BCUT2D eigenvalue weighted by atomic mass is 16.2. The van der Waals surface area contributed by atoms with Crippen LogP contribution in [0.4, 0.5) is 0 Å². The molecule has 0 aliphatic carbocycles. The smallest absolute Gasteiger partial charge is 0.256 e. The summed E-state index contributed by atoms with van der Waals surface area (Å²) in [5, 5.41) is 2.78. The van der Waals surface area contributed by atoms with E-state index < -0.39 is 5.54 Å². The zero-order valence-corrected chi connectivity index (χ0v) is 11.8. The van der Waals surface area contributed by atoms with Crippen molar-refractivity contribution in [1.29, 1.82) is 0 Å². The van der Waals surface area contributed by atoms with E-state index in [2.05, 4.69) is 10.3 Å². The Morgan fingerprint density at radius 2 is 2.05 bits per heavy atom. The zero-order valence-electron chi connectivity index (χ0n) is 11.8. The molecule has 2 rings (SSSR count). The highest BCUT2D eigenvalue weighted by Crippen LogP contribution is 2.21. The number of amides is 2. The Bertz CT molecular complexity index is 537. The van der Waals surface area contributed by atoms with Crippen molar-refractivity contribution in [2.75, 3.05) is 13.1 Å². The largest absolute Gasteiger partial charge is 0.352 e. The average molecular weight is 261 g/mol. The number of hydrogen-bond donors (Lipinski definition) is 1. The number of nitrogens with one attached hydrogen (secondary N) is 1. The lowest BCUT2D eigenvalue weighted by molar-refractivity contribution is -0.133. The monoisotopic (exact) mass is 261 g/mol. The second kappa shape index (κ2) is 4.64. The molecule has 0 atom stereocenters. The SMILES string of the molecule is Cc1ccc(C(=O)N2CCNC(=O)C2(C)C)c(C)n1. The maximum Gasteiger partial charge on any atom is 0.256 e. The fourth-order valence-corrected chi connectivity index (χ4v) is 2.31. The summed E-state index contributed by atoms with van der Waals surface area (Å²) in [5.41, 5.74) is 1.32. The van der Waals surface area contributed by atoms with Crippen molar-refractivity contribution >= 4 is 11.8 Å². The molecule has 2 heterocycles. The van der Waals surface area contributed by atoms with Crippen LogP contribution in [0.5, 0.6) is 0 Å². The first-order chi connectivity index (χ1) is 8.84. The van der Waals surface area contributed by atoms with Crippen molar-refractivity contribution in [1.82, 2.24) is 15.2 Å². The van der Waals surface area contributed by atoms with E-state index in [4.69, 9.17) is 0 Å². The second-order valence-electron chi connectivity index (χ2n) is 5.36. The Morgan fingerprint density at radius 1 is 1.37 bits per heavy atom. The fourth-order valence-electron chi connectivity index (χ4n) is 2.31. The van der Waals surface area contributed by atoms with Crippen LogP contribution in [-0.4, -0.2) is 40.3 Å². The van der Waals surface area contributed by atoms with Crippen LogP contribution in [0.15, 0.2) is 12.1 Å². The predicted molar refractivity (Wildman–Crippen MR) is 71.8 cm³/mol. The first-order valence-corrected chi connectivity index (χ1v) is 6.38. The van der Waals surface area contributed by atoms with Gasteiger partial charge in [-0.15, -0.1) is 0 Å². The molecule has 1 aliphatic rings. The van der Waals surface area contributed by atoms with Crippen molar-refractivity contribution in [3.8, 4) is 0 Å². The minimum Gasteiger partial charge on any atom is -0.352 e. The Hall–Kier alpha value is -1.91. The van der Waals surface area contributed by atoms with Gasteiger partial charge in [0.15, 0.2) is 0 Å². The first-order valence-electron chi connectivity index (χ1n) is 6.38. The quantitative estimate of drug-likeness (QED) is 0.822. The van der Waals surface area contributed by atoms with Crippen LogP contribution in [0.2, 0.25) is 0 Å². The second-order valence-corrected chi connectivity index (χ2v) is 5.36. The molecule has 2 amide bonds. The lowest BCUT2D eigenvalue weighted by atomic mass is 9.97. The number of rotatable bonds is 1. The zero-order chi connectivity index (χ0) is 14.2. The summed E-state index contributed by atoms with van der Waals surface area (Å²) < 4.78 is 0. The normalized spacial score (nSPS) is 18.1. The van der Waals surface area contributed by atoms with Gasteiger partial charge >= 0.3 is 0 Å². The van der Waals surface area contributed by atoms with Crippen LogP contribution >= 0.6 is 0 Å². The Labute approximate surface area is 113 Å². The van der Waals surface area contributed by atoms with Gasteiger partial charge in [-0.2, -0.15) is 0 Å². The minimum absolute atomic E-state index is 0.121. The summed E-state index contributed by atoms with van der Waals surface area (Å²) in [6.45, 7) is 8.24. The topological polar surface area (TPSA) is 62.3 Å². The molecule has 1 saturated heterocycles. The molecule has 1 aromatic heterocycles. The van der Waals surface area contributed by atoms with Gasteiger partial charge in [0.25, 0.3) is 5.91 Å². The van der Waals surface area contributed by atoms with Gasteiger partial charge in [-0.1, -0.05) is 0 Å². The van der Waals surface area contributed by atoms with Gasteiger partial charge in [0.1, 0.15) is 5.54 Å². The molecule has 0 aromatic carbocycles. The molecule has 0 saturated carbocycles. The third-order valence-electron chi connectivity index (χ3n) is 3.55. The number of piperazine rings is 1. The van der Waals surface area contributed by atoms with Crippen LogP contribution in [-0.2, 0) is 4.79 Å². The Morgan fingerprint density at radius 3 is 2.68 bits per heavy atom. The molecular weight excluding hydrogens is 242 g/mol. The van der Waals surface area contributed by atoms with Crippen molar-refractivity contribution < 1.29 is 9.59 Å². The van der Waals surface area contributed by atoms with Gasteiger partial charge in [0, 0.05) is 18.8 Å². The molecule has 1 aromatic rings. The van der Waals surface area contributed by atoms with Crippen molar-refractivity contribution in [2.45, 2.75) is 33.2 Å². The lowest BCUT2D eigenvalue weighted by Gasteiger charge is -2.41. The predicted octanol–water partition coefficient (Wildman–Crippen LogP) is 1.05. The molecule has 5 nitrogen and oxygen atoms in total. The van der Waals surface area contributed by atoms with E-state index in [9.17, 15) is 9.59 Å². The Balaban J connectivity index is 2.35. The maximum atomic E-state index is 12.6. The molecule has 5 heteroatoms. The highest BCUT2D eigenvalue weighted by molar-refractivity contribution is 6.00. The molecule has 1 fully saturated rings. The van der Waals surface area contributed by atoms with Crippen LogP contribution < -0.4 is 5.32 Å². The van der Waals surface area contributed by atoms with E-state index in [0.717, 1.165) is 5.69 Å². The summed E-state index contributed by atoms with van der Waals surface area (Å²) in [5.74, 6) is -0.255. The molecule has 1 aliphatic heterocycles. The van der Waals surface area contributed by atoms with Crippen LogP contribution in [0, 0.1) is 13.8 Å².